The molecule has 0 radical (unpaired) electrons. The van der Waals surface area contributed by atoms with Crippen molar-refractivity contribution in [3.63, 3.8) is 0 Å². The van der Waals surface area contributed by atoms with Crippen LogP contribution in [0.25, 0.3) is 11.1 Å². The molecule has 0 unspecified atom stereocenters. The van der Waals surface area contributed by atoms with E-state index in [9.17, 15) is 9.59 Å². The van der Waals surface area contributed by atoms with Crippen molar-refractivity contribution in [3.05, 3.63) is 84.2 Å². The number of aromatic nitrogens is 1. The number of hydrogen-bond acceptors (Lipinski definition) is 4. The predicted octanol–water partition coefficient (Wildman–Crippen LogP) is 3.73. The van der Waals surface area contributed by atoms with Gasteiger partial charge in [-0.25, -0.2) is 0 Å². The quantitative estimate of drug-likeness (QED) is 0.584. The van der Waals surface area contributed by atoms with Gasteiger partial charge in [0, 0.05) is 63.8 Å². The minimum Gasteiger partial charge on any atom is -0.378 e. The Bertz CT molecular complexity index is 1100. The molecule has 1 aliphatic rings. The summed E-state index contributed by atoms with van der Waals surface area (Å²) in [5.74, 6) is -0.0805. The Hall–Kier alpha value is -3.67. The van der Waals surface area contributed by atoms with Crippen molar-refractivity contribution in [2.75, 3.05) is 38.6 Å². The number of pyridine rings is 1. The fourth-order valence-corrected chi connectivity index (χ4v) is 4.26. The minimum absolute atomic E-state index is 0.0141. The molecule has 2 aromatic carbocycles. The zero-order chi connectivity index (χ0) is 23.4. The highest BCUT2D eigenvalue weighted by molar-refractivity contribution is 5.98. The molecule has 0 spiro atoms. The molecule has 2 heterocycles. The summed E-state index contributed by atoms with van der Waals surface area (Å²) in [6.07, 6.45) is 4.04. The number of carbonyl (C=O) groups is 2. The first-order valence-corrected chi connectivity index (χ1v) is 11.3. The number of rotatable bonds is 6. The Labute approximate surface area is 195 Å². The molecule has 1 saturated heterocycles. The molecule has 6 nitrogen and oxygen atoms in total. The van der Waals surface area contributed by atoms with Gasteiger partial charge in [0.25, 0.3) is 5.91 Å². The van der Waals surface area contributed by atoms with Gasteiger partial charge in [-0.2, -0.15) is 0 Å². The molecule has 0 N–H and O–H groups in total. The third-order valence-corrected chi connectivity index (χ3v) is 6.25. The Morgan fingerprint density at radius 1 is 0.939 bits per heavy atom. The van der Waals surface area contributed by atoms with E-state index in [4.69, 9.17) is 0 Å². The molecule has 1 fully saturated rings. The molecule has 33 heavy (non-hydrogen) atoms. The van der Waals surface area contributed by atoms with E-state index in [1.807, 2.05) is 79.3 Å². The maximum atomic E-state index is 13.4. The van der Waals surface area contributed by atoms with E-state index in [1.54, 1.807) is 17.3 Å². The lowest BCUT2D eigenvalue weighted by Gasteiger charge is -2.40. The Kier molecular flexibility index (Phi) is 6.73. The van der Waals surface area contributed by atoms with E-state index in [0.717, 1.165) is 22.4 Å². The Morgan fingerprint density at radius 3 is 2.18 bits per heavy atom. The lowest BCUT2D eigenvalue weighted by atomic mass is 9.98. The van der Waals surface area contributed by atoms with E-state index in [0.29, 0.717) is 31.6 Å². The van der Waals surface area contributed by atoms with Crippen LogP contribution in [0.4, 0.5) is 5.69 Å². The van der Waals surface area contributed by atoms with Crippen molar-refractivity contribution in [2.45, 2.75) is 19.4 Å². The maximum absolute atomic E-state index is 13.4. The highest BCUT2D eigenvalue weighted by Gasteiger charge is 2.37. The monoisotopic (exact) mass is 442 g/mol. The van der Waals surface area contributed by atoms with Gasteiger partial charge >= 0.3 is 0 Å². The third kappa shape index (κ3) is 4.90. The lowest BCUT2D eigenvalue weighted by Crippen LogP contribution is -2.59. The second kappa shape index (κ2) is 9.86. The second-order valence-electron chi connectivity index (χ2n) is 8.51. The van der Waals surface area contributed by atoms with Gasteiger partial charge in [0.1, 0.15) is 6.04 Å². The lowest BCUT2D eigenvalue weighted by molar-refractivity contribution is -0.139. The number of nitrogens with zero attached hydrogens (tertiary/aromatic N) is 4. The highest BCUT2D eigenvalue weighted by Crippen LogP contribution is 2.23. The normalized spacial score (nSPS) is 16.1. The van der Waals surface area contributed by atoms with Crippen LogP contribution in [0, 0.1) is 0 Å². The Balaban J connectivity index is 1.57. The standard InChI is InChI=1S/C27H30N4O2/c1-4-30-17-18-31(26(32)23-9-11-24(12-10-23)29(2)3)25(27(30)33)19-20-5-7-21(8-6-20)22-13-15-28-16-14-22/h5-16,25H,4,17-19H2,1-3H3/t25-/m1/s1. The number of carbonyl (C=O) groups excluding carboxylic acids is 2. The molecule has 3 aromatic rings. The van der Waals surface area contributed by atoms with Crippen LogP contribution >= 0.6 is 0 Å². The first-order valence-electron chi connectivity index (χ1n) is 11.3. The molecular weight excluding hydrogens is 412 g/mol. The fourth-order valence-electron chi connectivity index (χ4n) is 4.26. The number of piperazine rings is 1. The van der Waals surface area contributed by atoms with Gasteiger partial charge in [0.05, 0.1) is 0 Å². The van der Waals surface area contributed by atoms with Crippen LogP contribution in [0.2, 0.25) is 0 Å². The molecule has 170 valence electrons. The number of likely N-dealkylation sites (N-methyl/N-ethyl adjacent to an activating group) is 1. The van der Waals surface area contributed by atoms with Gasteiger partial charge in [-0.05, 0) is 60.0 Å². The summed E-state index contributed by atoms with van der Waals surface area (Å²) in [6, 6.07) is 19.2. The van der Waals surface area contributed by atoms with E-state index in [-0.39, 0.29) is 11.8 Å². The summed E-state index contributed by atoms with van der Waals surface area (Å²) in [5.41, 5.74) is 4.87. The summed E-state index contributed by atoms with van der Waals surface area (Å²) >= 11 is 0. The van der Waals surface area contributed by atoms with Crippen LogP contribution in [0.1, 0.15) is 22.8 Å². The average Bonchev–Trinajstić information content (AvgIpc) is 2.86. The number of hydrogen-bond donors (Lipinski definition) is 0. The van der Waals surface area contributed by atoms with Crippen LogP contribution in [0.3, 0.4) is 0 Å². The van der Waals surface area contributed by atoms with Crippen LogP contribution in [-0.4, -0.2) is 66.4 Å². The van der Waals surface area contributed by atoms with E-state index in [1.165, 1.54) is 0 Å². The van der Waals surface area contributed by atoms with Gasteiger partial charge in [0.2, 0.25) is 5.91 Å². The first kappa shape index (κ1) is 22.5. The molecule has 6 heteroatoms. The van der Waals surface area contributed by atoms with Crippen molar-refractivity contribution in [1.82, 2.24) is 14.8 Å². The van der Waals surface area contributed by atoms with E-state index in [2.05, 4.69) is 17.1 Å². The summed E-state index contributed by atoms with van der Waals surface area (Å²) in [6.45, 7) is 3.73. The number of amides is 2. The van der Waals surface area contributed by atoms with Crippen LogP contribution < -0.4 is 4.90 Å². The SMILES string of the molecule is CCN1CCN(C(=O)c2ccc(N(C)C)cc2)[C@H](Cc2ccc(-c3ccncc3)cc2)C1=O. The molecule has 0 aliphatic carbocycles. The Morgan fingerprint density at radius 2 is 1.58 bits per heavy atom. The average molecular weight is 443 g/mol. The van der Waals surface area contributed by atoms with E-state index >= 15 is 0 Å². The molecule has 2 amide bonds. The fraction of sp³-hybridized carbons (Fsp3) is 0.296. The van der Waals surface area contributed by atoms with Crippen LogP contribution in [0.5, 0.6) is 0 Å². The molecule has 1 aliphatic heterocycles. The summed E-state index contributed by atoms with van der Waals surface area (Å²) in [4.78, 5) is 36.3. The summed E-state index contributed by atoms with van der Waals surface area (Å²) in [5, 5.41) is 0. The largest absolute Gasteiger partial charge is 0.378 e. The van der Waals surface area contributed by atoms with Gasteiger partial charge in [-0.15, -0.1) is 0 Å². The zero-order valence-corrected chi connectivity index (χ0v) is 19.4. The summed E-state index contributed by atoms with van der Waals surface area (Å²) < 4.78 is 0. The second-order valence-corrected chi connectivity index (χ2v) is 8.51. The van der Waals surface area contributed by atoms with E-state index < -0.39 is 6.04 Å². The molecular formula is C27H30N4O2. The number of benzene rings is 2. The van der Waals surface area contributed by atoms with Crippen LogP contribution in [0.15, 0.2) is 73.1 Å². The smallest absolute Gasteiger partial charge is 0.254 e. The highest BCUT2D eigenvalue weighted by atomic mass is 16.2. The van der Waals surface area contributed by atoms with Gasteiger partial charge in [-0.3, -0.25) is 14.6 Å². The summed E-state index contributed by atoms with van der Waals surface area (Å²) in [7, 11) is 3.94. The van der Waals surface area contributed by atoms with Crippen molar-refractivity contribution < 1.29 is 9.59 Å². The van der Waals surface area contributed by atoms with Crippen molar-refractivity contribution in [1.29, 1.82) is 0 Å². The van der Waals surface area contributed by atoms with Gasteiger partial charge < -0.3 is 14.7 Å². The molecule has 1 aromatic heterocycles. The van der Waals surface area contributed by atoms with Gasteiger partial charge in [0.15, 0.2) is 0 Å². The van der Waals surface area contributed by atoms with Crippen molar-refractivity contribution in [2.24, 2.45) is 0 Å². The third-order valence-electron chi connectivity index (χ3n) is 6.25. The molecule has 4 rings (SSSR count). The van der Waals surface area contributed by atoms with Crippen LogP contribution in [-0.2, 0) is 11.2 Å². The maximum Gasteiger partial charge on any atom is 0.254 e. The van der Waals surface area contributed by atoms with Gasteiger partial charge in [-0.1, -0.05) is 24.3 Å². The topological polar surface area (TPSA) is 56.8 Å². The van der Waals surface area contributed by atoms with Crippen molar-refractivity contribution >= 4 is 17.5 Å². The molecule has 1 atom stereocenters. The van der Waals surface area contributed by atoms with Crippen molar-refractivity contribution in [3.8, 4) is 11.1 Å². The minimum atomic E-state index is -0.508. The zero-order valence-electron chi connectivity index (χ0n) is 19.4. The molecule has 0 saturated carbocycles. The number of anilines is 1. The first-order chi connectivity index (χ1) is 16.0. The molecule has 0 bridgehead atoms. The predicted molar refractivity (Wildman–Crippen MR) is 131 cm³/mol.